The van der Waals surface area contributed by atoms with Crippen molar-refractivity contribution in [2.24, 2.45) is 5.73 Å². The van der Waals surface area contributed by atoms with Crippen molar-refractivity contribution in [1.82, 2.24) is 9.80 Å². The van der Waals surface area contributed by atoms with Crippen LogP contribution in [0, 0.1) is 5.41 Å². The third-order valence-electron chi connectivity index (χ3n) is 4.04. The lowest BCUT2D eigenvalue weighted by Crippen LogP contribution is -2.40. The number of hydrogen-bond donors (Lipinski definition) is 3. The fraction of sp³-hybridized carbons (Fsp3) is 0.444. The number of nitrogen functional groups attached to an aromatic ring is 1. The summed E-state index contributed by atoms with van der Waals surface area (Å²) in [6, 6.07) is 6.89. The number of nitrogens with two attached hydrogens (primary N) is 2. The van der Waals surface area contributed by atoms with Gasteiger partial charge in [0.2, 0.25) is 0 Å². The van der Waals surface area contributed by atoms with Gasteiger partial charge in [-0.05, 0) is 36.9 Å². The van der Waals surface area contributed by atoms with Crippen molar-refractivity contribution in [1.29, 1.82) is 5.41 Å². The minimum absolute atomic E-state index is 0.152. The van der Waals surface area contributed by atoms with Gasteiger partial charge in [-0.15, -0.1) is 0 Å². The molecule has 0 unspecified atom stereocenters. The first kappa shape index (κ1) is 22.5. The van der Waals surface area contributed by atoms with E-state index >= 15 is 0 Å². The lowest BCUT2D eigenvalue weighted by atomic mass is 10.1. The summed E-state index contributed by atoms with van der Waals surface area (Å²) in [4.78, 5) is 16.0. The number of nitrogens with one attached hydrogen (secondary N) is 1. The molecule has 0 heterocycles. The van der Waals surface area contributed by atoms with Crippen LogP contribution in [0.2, 0.25) is 0 Å². The zero-order chi connectivity index (χ0) is 20.6. The molecule has 0 atom stereocenters. The lowest BCUT2D eigenvalue weighted by molar-refractivity contribution is -0.128. The summed E-state index contributed by atoms with van der Waals surface area (Å²) in [5.74, 6) is -0.751. The molecule has 0 saturated heterocycles. The molecule has 6 nitrogen and oxygen atoms in total. The fourth-order valence-corrected chi connectivity index (χ4v) is 2.45. The average Bonchev–Trinajstić information content (AvgIpc) is 2.60. The molecule has 27 heavy (non-hydrogen) atoms. The molecule has 1 aromatic carbocycles. The number of halogens is 3. The number of carbonyl (C=O) groups is 1. The summed E-state index contributed by atoms with van der Waals surface area (Å²) >= 11 is 0. The smallest absolute Gasteiger partial charge is 0.399 e. The van der Waals surface area contributed by atoms with E-state index in [0.717, 1.165) is 18.7 Å². The van der Waals surface area contributed by atoms with E-state index in [-0.39, 0.29) is 13.1 Å². The Morgan fingerprint density at radius 1 is 1.22 bits per heavy atom. The minimum Gasteiger partial charge on any atom is -0.399 e. The Morgan fingerprint density at radius 2 is 1.85 bits per heavy atom. The Labute approximate surface area is 157 Å². The summed E-state index contributed by atoms with van der Waals surface area (Å²) in [5.41, 5.74) is 10.3. The van der Waals surface area contributed by atoms with E-state index in [1.807, 2.05) is 13.8 Å². The van der Waals surface area contributed by atoms with Crippen LogP contribution >= 0.6 is 0 Å². The molecule has 0 aromatic heterocycles. The average molecular weight is 385 g/mol. The maximum atomic E-state index is 12.6. The number of allylic oxidation sites excluding steroid dienone is 1. The summed E-state index contributed by atoms with van der Waals surface area (Å²) < 4.78 is 37.6. The number of nitrogens with zero attached hydrogens (tertiary/aromatic N) is 2. The monoisotopic (exact) mass is 385 g/mol. The molecule has 0 aliphatic rings. The van der Waals surface area contributed by atoms with Crippen LogP contribution in [-0.4, -0.2) is 53.8 Å². The van der Waals surface area contributed by atoms with Crippen molar-refractivity contribution >= 4 is 17.3 Å². The molecule has 0 saturated carbocycles. The fourth-order valence-electron chi connectivity index (χ4n) is 2.45. The predicted molar refractivity (Wildman–Crippen MR) is 100 cm³/mol. The highest BCUT2D eigenvalue weighted by molar-refractivity contribution is 6.04. The lowest BCUT2D eigenvalue weighted by Gasteiger charge is -2.27. The van der Waals surface area contributed by atoms with Gasteiger partial charge in [0.05, 0.1) is 5.70 Å². The molecule has 1 rings (SSSR count). The number of alkyl halides is 3. The maximum Gasteiger partial charge on any atom is 0.432 e. The molecule has 0 bridgehead atoms. The topological polar surface area (TPSA) is 99.4 Å². The van der Waals surface area contributed by atoms with Crippen LogP contribution in [0.1, 0.15) is 19.4 Å². The number of likely N-dealkylation sites (N-methyl/N-ethyl adjacent to an activating group) is 1. The highest BCUT2D eigenvalue weighted by atomic mass is 19.4. The van der Waals surface area contributed by atoms with E-state index in [1.165, 1.54) is 4.90 Å². The number of rotatable bonds is 9. The van der Waals surface area contributed by atoms with Crippen LogP contribution < -0.4 is 11.5 Å². The zero-order valence-electron chi connectivity index (χ0n) is 15.5. The van der Waals surface area contributed by atoms with Crippen molar-refractivity contribution in [3.63, 3.8) is 0 Å². The van der Waals surface area contributed by atoms with Gasteiger partial charge in [-0.2, -0.15) is 13.2 Å². The van der Waals surface area contributed by atoms with Gasteiger partial charge in [0.15, 0.2) is 0 Å². The van der Waals surface area contributed by atoms with Crippen LogP contribution in [0.15, 0.2) is 36.0 Å². The number of amides is 1. The molecule has 1 amide bonds. The Hall–Kier alpha value is -2.55. The molecular weight excluding hydrogens is 359 g/mol. The molecule has 0 spiro atoms. The van der Waals surface area contributed by atoms with E-state index < -0.39 is 23.5 Å². The Bertz CT molecular complexity index is 684. The van der Waals surface area contributed by atoms with Crippen LogP contribution in [0.4, 0.5) is 18.9 Å². The standard InChI is InChI=1S/C18H26F3N5O/c1-3-25(4-2)8-9-26(12-13-6-5-7-14(22)10-13)17(27)15(23)11-16(24)18(19,20)21/h5-7,10-11,24H,3-4,8-9,12,22-23H2,1-2H3/b15-11-,24-16?. The first-order valence-corrected chi connectivity index (χ1v) is 8.57. The highest BCUT2D eigenvalue weighted by Crippen LogP contribution is 2.18. The normalized spacial score (nSPS) is 12.3. The van der Waals surface area contributed by atoms with Crippen molar-refractivity contribution in [2.45, 2.75) is 26.6 Å². The minimum atomic E-state index is -4.86. The second kappa shape index (κ2) is 9.96. The predicted octanol–water partition coefficient (Wildman–Crippen LogP) is 2.36. The first-order valence-electron chi connectivity index (χ1n) is 8.57. The van der Waals surface area contributed by atoms with E-state index in [1.54, 1.807) is 24.3 Å². The molecule has 0 radical (unpaired) electrons. The SMILES string of the molecule is CCN(CC)CCN(Cc1cccc(N)c1)C(=O)/C(N)=C/C(=N)C(F)(F)F. The molecule has 1 aromatic rings. The molecule has 9 heteroatoms. The van der Waals surface area contributed by atoms with E-state index in [2.05, 4.69) is 4.90 Å². The first-order chi connectivity index (χ1) is 12.6. The third kappa shape index (κ3) is 7.30. The van der Waals surface area contributed by atoms with Gasteiger partial charge < -0.3 is 21.3 Å². The van der Waals surface area contributed by atoms with Crippen LogP contribution in [0.25, 0.3) is 0 Å². The maximum absolute atomic E-state index is 12.6. The second-order valence-electron chi connectivity index (χ2n) is 6.01. The number of carbonyl (C=O) groups excluding carboxylic acids is 1. The van der Waals surface area contributed by atoms with Crippen molar-refractivity contribution in [2.75, 3.05) is 31.9 Å². The van der Waals surface area contributed by atoms with E-state index in [9.17, 15) is 18.0 Å². The van der Waals surface area contributed by atoms with Crippen LogP contribution in [0.3, 0.4) is 0 Å². The molecule has 0 aliphatic carbocycles. The number of benzene rings is 1. The number of anilines is 1. The summed E-state index contributed by atoms with van der Waals surface area (Å²) in [5, 5.41) is 7.01. The summed E-state index contributed by atoms with van der Waals surface area (Å²) in [6.07, 6.45) is -4.50. The zero-order valence-corrected chi connectivity index (χ0v) is 15.5. The van der Waals surface area contributed by atoms with E-state index in [4.69, 9.17) is 16.9 Å². The Kier molecular flexibility index (Phi) is 8.30. The second-order valence-corrected chi connectivity index (χ2v) is 6.01. The van der Waals surface area contributed by atoms with E-state index in [0.29, 0.717) is 18.3 Å². The summed E-state index contributed by atoms with van der Waals surface area (Å²) in [6.45, 7) is 6.49. The van der Waals surface area contributed by atoms with Crippen molar-refractivity contribution < 1.29 is 18.0 Å². The largest absolute Gasteiger partial charge is 0.432 e. The quantitative estimate of drug-likeness (QED) is 0.345. The Balaban J connectivity index is 3.02. The van der Waals surface area contributed by atoms with Crippen LogP contribution in [-0.2, 0) is 11.3 Å². The van der Waals surface area contributed by atoms with Gasteiger partial charge >= 0.3 is 6.18 Å². The van der Waals surface area contributed by atoms with Crippen molar-refractivity contribution in [3.8, 4) is 0 Å². The van der Waals surface area contributed by atoms with Gasteiger partial charge in [-0.25, -0.2) is 0 Å². The van der Waals surface area contributed by atoms with Gasteiger partial charge in [-0.3, -0.25) is 10.2 Å². The third-order valence-corrected chi connectivity index (χ3v) is 4.04. The summed E-state index contributed by atoms with van der Waals surface area (Å²) in [7, 11) is 0. The van der Waals surface area contributed by atoms with Gasteiger partial charge in [-0.1, -0.05) is 26.0 Å². The van der Waals surface area contributed by atoms with Crippen LogP contribution in [0.5, 0.6) is 0 Å². The molecule has 0 aliphatic heterocycles. The molecule has 5 N–H and O–H groups in total. The molecule has 0 fully saturated rings. The van der Waals surface area contributed by atoms with Gasteiger partial charge in [0.1, 0.15) is 5.71 Å². The van der Waals surface area contributed by atoms with Gasteiger partial charge in [0, 0.05) is 25.3 Å². The Morgan fingerprint density at radius 3 is 2.37 bits per heavy atom. The van der Waals surface area contributed by atoms with Gasteiger partial charge in [0.25, 0.3) is 5.91 Å². The molecular formula is C18H26F3N5O. The number of hydrogen-bond acceptors (Lipinski definition) is 5. The van der Waals surface area contributed by atoms with Crippen molar-refractivity contribution in [3.05, 3.63) is 41.6 Å². The highest BCUT2D eigenvalue weighted by Gasteiger charge is 2.33. The molecule has 150 valence electrons.